The number of methoxy groups -OCH3 is 1. The number of aliphatic hydroxyl groups excluding tert-OH is 1. The molecule has 0 aromatic heterocycles. The predicted octanol–water partition coefficient (Wildman–Crippen LogP) is 1.83. The SMILES string of the molecule is CO[C@@]12CC[C@@]3(C[C@@H]1CO)[C@H]1Cc4cc(O)cc5c4[C@@]3(CCN1C)[C@H]2O5. The summed E-state index contributed by atoms with van der Waals surface area (Å²) in [6.45, 7) is 1.21. The fourth-order valence-electron chi connectivity index (χ4n) is 8.08. The molecule has 7 rings (SSSR count). The number of hydrogen-bond donors (Lipinski definition) is 2. The first-order chi connectivity index (χ1) is 12.5. The molecule has 3 saturated carbocycles. The molecule has 2 N–H and O–H groups in total. The molecule has 4 bridgehead atoms. The Balaban J connectivity index is 1.69. The maximum absolute atomic E-state index is 10.3. The molecule has 1 saturated heterocycles. The third kappa shape index (κ3) is 1.36. The molecular formula is C21H27NO4. The normalized spacial score (nSPS) is 47.6. The lowest BCUT2D eigenvalue weighted by atomic mass is 9.35. The van der Waals surface area contributed by atoms with E-state index in [0.717, 1.165) is 44.4 Å². The minimum Gasteiger partial charge on any atom is -0.508 e. The zero-order valence-corrected chi connectivity index (χ0v) is 15.5. The summed E-state index contributed by atoms with van der Waals surface area (Å²) in [6.07, 6.45) is 5.05. The van der Waals surface area contributed by atoms with E-state index in [1.807, 2.05) is 6.07 Å². The molecule has 1 aromatic carbocycles. The minimum atomic E-state index is -0.430. The number of phenolic OH excluding ortho intramolecular Hbond substituents is 1. The average Bonchev–Trinajstić information content (AvgIpc) is 2.99. The molecule has 5 nitrogen and oxygen atoms in total. The van der Waals surface area contributed by atoms with Crippen LogP contribution in [0.4, 0.5) is 0 Å². The Kier molecular flexibility index (Phi) is 2.76. The third-order valence-corrected chi connectivity index (χ3v) is 8.95. The van der Waals surface area contributed by atoms with Gasteiger partial charge in [0, 0.05) is 48.1 Å². The van der Waals surface area contributed by atoms with E-state index in [1.165, 1.54) is 11.1 Å². The Morgan fingerprint density at radius 1 is 1.31 bits per heavy atom. The lowest BCUT2D eigenvalue weighted by molar-refractivity contribution is -0.279. The van der Waals surface area contributed by atoms with Gasteiger partial charge in [0.05, 0.1) is 0 Å². The van der Waals surface area contributed by atoms with Crippen LogP contribution in [0.25, 0.3) is 0 Å². The van der Waals surface area contributed by atoms with Gasteiger partial charge in [0.1, 0.15) is 23.2 Å². The van der Waals surface area contributed by atoms with E-state index in [4.69, 9.17) is 9.47 Å². The maximum atomic E-state index is 10.3. The molecule has 0 unspecified atom stereocenters. The Hall–Kier alpha value is -1.30. The summed E-state index contributed by atoms with van der Waals surface area (Å²) in [5.41, 5.74) is 2.26. The Morgan fingerprint density at radius 3 is 2.92 bits per heavy atom. The molecule has 2 aliphatic heterocycles. The van der Waals surface area contributed by atoms with Crippen LogP contribution in [0.15, 0.2) is 12.1 Å². The Bertz CT molecular complexity index is 811. The van der Waals surface area contributed by atoms with Crippen LogP contribution in [0.5, 0.6) is 11.5 Å². The van der Waals surface area contributed by atoms with Crippen molar-refractivity contribution in [3.63, 3.8) is 0 Å². The van der Waals surface area contributed by atoms with Crippen molar-refractivity contribution in [1.29, 1.82) is 0 Å². The molecular weight excluding hydrogens is 330 g/mol. The molecule has 26 heavy (non-hydrogen) atoms. The zero-order valence-electron chi connectivity index (χ0n) is 15.5. The number of rotatable bonds is 2. The Labute approximate surface area is 153 Å². The van der Waals surface area contributed by atoms with E-state index in [9.17, 15) is 10.2 Å². The van der Waals surface area contributed by atoms with Crippen molar-refractivity contribution in [2.45, 2.75) is 55.3 Å². The highest BCUT2D eigenvalue weighted by Gasteiger charge is 2.80. The average molecular weight is 357 g/mol. The molecule has 6 aliphatic rings. The highest BCUT2D eigenvalue weighted by Crippen LogP contribution is 2.75. The van der Waals surface area contributed by atoms with Crippen LogP contribution < -0.4 is 4.74 Å². The number of hydrogen-bond acceptors (Lipinski definition) is 5. The minimum absolute atomic E-state index is 0.0409. The lowest BCUT2D eigenvalue weighted by Gasteiger charge is -2.73. The molecule has 4 fully saturated rings. The van der Waals surface area contributed by atoms with Crippen LogP contribution in [0, 0.1) is 11.3 Å². The van der Waals surface area contributed by atoms with Crippen molar-refractivity contribution in [3.8, 4) is 11.5 Å². The van der Waals surface area contributed by atoms with Crippen molar-refractivity contribution in [2.75, 3.05) is 27.3 Å². The van der Waals surface area contributed by atoms with E-state index in [1.54, 1.807) is 13.2 Å². The number of nitrogens with zero attached hydrogens (tertiary/aromatic N) is 1. The fourth-order valence-corrected chi connectivity index (χ4v) is 8.08. The highest BCUT2D eigenvalue weighted by atomic mass is 16.6. The number of fused-ring (bicyclic) bond motifs is 2. The fraction of sp³-hybridized carbons (Fsp3) is 0.714. The van der Waals surface area contributed by atoms with Gasteiger partial charge in [-0.15, -0.1) is 0 Å². The van der Waals surface area contributed by atoms with Gasteiger partial charge in [-0.05, 0) is 57.3 Å². The molecule has 1 aromatic rings. The van der Waals surface area contributed by atoms with Gasteiger partial charge in [0.2, 0.25) is 0 Å². The number of benzene rings is 1. The summed E-state index contributed by atoms with van der Waals surface area (Å²) >= 11 is 0. The number of likely N-dealkylation sites (tertiary alicyclic amines) is 1. The second-order valence-corrected chi connectivity index (χ2v) is 9.30. The summed E-state index contributed by atoms with van der Waals surface area (Å²) in [7, 11) is 4.03. The quantitative estimate of drug-likeness (QED) is 0.846. The first-order valence-electron chi connectivity index (χ1n) is 9.92. The number of aromatic hydroxyl groups is 1. The number of ether oxygens (including phenoxy) is 2. The third-order valence-electron chi connectivity index (χ3n) is 8.95. The van der Waals surface area contributed by atoms with Crippen molar-refractivity contribution in [1.82, 2.24) is 4.90 Å². The number of aliphatic hydroxyl groups is 1. The molecule has 0 radical (unpaired) electrons. The largest absolute Gasteiger partial charge is 0.508 e. The molecule has 4 aliphatic carbocycles. The Morgan fingerprint density at radius 2 is 2.15 bits per heavy atom. The van der Waals surface area contributed by atoms with Crippen molar-refractivity contribution in [3.05, 3.63) is 23.3 Å². The van der Waals surface area contributed by atoms with Gasteiger partial charge in [0.25, 0.3) is 0 Å². The zero-order chi connectivity index (χ0) is 17.9. The van der Waals surface area contributed by atoms with E-state index < -0.39 is 5.60 Å². The van der Waals surface area contributed by atoms with Crippen molar-refractivity contribution in [2.24, 2.45) is 11.3 Å². The summed E-state index contributed by atoms with van der Waals surface area (Å²) in [4.78, 5) is 2.52. The standard InChI is InChI=1S/C21H27NO4/c1-22-6-5-20-17-12-7-14(24)9-15(17)26-18(20)21(25-2)4-3-19(20,16(22)8-12)10-13(21)11-23/h7,9,13,16,18,23-24H,3-6,8,10-11H2,1-2H3/t13-,16-,18-,19-,20+,21+/m1/s1. The first-order valence-corrected chi connectivity index (χ1v) is 9.92. The van der Waals surface area contributed by atoms with E-state index >= 15 is 0 Å². The van der Waals surface area contributed by atoms with Gasteiger partial charge >= 0.3 is 0 Å². The first kappa shape index (κ1) is 15.7. The van der Waals surface area contributed by atoms with Crippen molar-refractivity contribution < 1.29 is 19.7 Å². The molecule has 6 atom stereocenters. The summed E-state index contributed by atoms with van der Waals surface area (Å²) in [6, 6.07) is 4.19. The number of phenols is 1. The molecule has 0 amide bonds. The van der Waals surface area contributed by atoms with Crippen LogP contribution in [-0.4, -0.2) is 60.2 Å². The number of piperidine rings is 1. The predicted molar refractivity (Wildman–Crippen MR) is 95.5 cm³/mol. The van der Waals surface area contributed by atoms with E-state index in [-0.39, 0.29) is 29.5 Å². The van der Waals surface area contributed by atoms with E-state index in [2.05, 4.69) is 11.9 Å². The summed E-state index contributed by atoms with van der Waals surface area (Å²) < 4.78 is 12.8. The van der Waals surface area contributed by atoms with Crippen molar-refractivity contribution >= 4 is 0 Å². The maximum Gasteiger partial charge on any atom is 0.138 e. The van der Waals surface area contributed by atoms with Gasteiger partial charge in [-0.25, -0.2) is 0 Å². The monoisotopic (exact) mass is 357 g/mol. The highest BCUT2D eigenvalue weighted by molar-refractivity contribution is 5.60. The van der Waals surface area contributed by atoms with Crippen LogP contribution in [0.1, 0.15) is 36.8 Å². The topological polar surface area (TPSA) is 62.2 Å². The van der Waals surface area contributed by atoms with Gasteiger partial charge < -0.3 is 24.6 Å². The van der Waals surface area contributed by atoms with Gasteiger partial charge in [0.15, 0.2) is 0 Å². The van der Waals surface area contributed by atoms with Crippen LogP contribution >= 0.6 is 0 Å². The second kappa shape index (κ2) is 4.57. The molecule has 5 heteroatoms. The summed E-state index contributed by atoms with van der Waals surface area (Å²) in [5, 5.41) is 20.5. The van der Waals surface area contributed by atoms with Gasteiger partial charge in [-0.1, -0.05) is 0 Å². The summed E-state index contributed by atoms with van der Waals surface area (Å²) in [5.74, 6) is 1.26. The van der Waals surface area contributed by atoms with E-state index in [0.29, 0.717) is 11.8 Å². The van der Waals surface area contributed by atoms with Crippen LogP contribution in [0.3, 0.4) is 0 Å². The smallest absolute Gasteiger partial charge is 0.138 e. The van der Waals surface area contributed by atoms with Gasteiger partial charge in [-0.3, -0.25) is 0 Å². The second-order valence-electron chi connectivity index (χ2n) is 9.30. The van der Waals surface area contributed by atoms with Crippen LogP contribution in [-0.2, 0) is 16.6 Å². The van der Waals surface area contributed by atoms with Gasteiger partial charge in [-0.2, -0.15) is 0 Å². The molecule has 2 spiro atoms. The van der Waals surface area contributed by atoms with Crippen LogP contribution in [0.2, 0.25) is 0 Å². The lowest BCUT2D eigenvalue weighted by Crippen LogP contribution is -2.81. The number of likely N-dealkylation sites (N-methyl/N-ethyl adjacent to an activating group) is 1. The molecule has 2 heterocycles. The molecule has 140 valence electrons.